The first-order valence-corrected chi connectivity index (χ1v) is 8.33. The Labute approximate surface area is 151 Å². The number of nitrogens with zero attached hydrogens (tertiary/aromatic N) is 2. The van der Waals surface area contributed by atoms with Crippen molar-refractivity contribution in [3.8, 4) is 17.0 Å². The van der Waals surface area contributed by atoms with Crippen LogP contribution < -0.4 is 4.74 Å². The third kappa shape index (κ3) is 3.17. The highest BCUT2D eigenvalue weighted by Gasteiger charge is 2.12. The second-order valence-corrected chi connectivity index (χ2v) is 5.82. The van der Waals surface area contributed by atoms with Crippen LogP contribution >= 0.6 is 0 Å². The lowest BCUT2D eigenvalue weighted by atomic mass is 10.1. The zero-order valence-corrected chi connectivity index (χ0v) is 14.0. The molecule has 0 aliphatic heterocycles. The largest absolute Gasteiger partial charge is 0.486 e. The number of ether oxygens (including phenoxy) is 1. The number of hydrogen-bond donors (Lipinski definition) is 0. The molecule has 1 heterocycles. The van der Waals surface area contributed by atoms with E-state index < -0.39 is 0 Å². The van der Waals surface area contributed by atoms with E-state index in [1.54, 1.807) is 12.1 Å². The molecule has 1 aromatic heterocycles. The lowest BCUT2D eigenvalue weighted by Gasteiger charge is -2.12. The molecule has 4 aromatic rings. The first-order valence-electron chi connectivity index (χ1n) is 8.33. The van der Waals surface area contributed by atoms with Crippen molar-refractivity contribution in [3.05, 3.63) is 90.1 Å². The fraction of sp³-hybridized carbons (Fsp3) is 0.0455. The third-order valence-electron chi connectivity index (χ3n) is 4.10. The summed E-state index contributed by atoms with van der Waals surface area (Å²) in [6, 6.07) is 24.8. The molecule has 0 amide bonds. The van der Waals surface area contributed by atoms with Crippen molar-refractivity contribution in [1.82, 2.24) is 9.97 Å². The first kappa shape index (κ1) is 16.0. The first-order chi connectivity index (χ1) is 12.8. The Kier molecular flexibility index (Phi) is 4.39. The van der Waals surface area contributed by atoms with Crippen LogP contribution in [0.4, 0.5) is 0 Å². The summed E-state index contributed by atoms with van der Waals surface area (Å²) in [5.74, 6) is 0.538. The van der Waals surface area contributed by atoms with E-state index in [-0.39, 0.29) is 6.61 Å². The van der Waals surface area contributed by atoms with Gasteiger partial charge in [-0.1, -0.05) is 54.6 Å². The molecule has 0 aliphatic carbocycles. The van der Waals surface area contributed by atoms with E-state index in [1.165, 1.54) is 0 Å². The SMILES string of the molecule is O=Cc1ccccc1OCc1nc2ccccc2nc1-c1ccccc1. The minimum atomic E-state index is 0.229. The molecule has 4 rings (SSSR count). The van der Waals surface area contributed by atoms with E-state index in [0.717, 1.165) is 34.3 Å². The molecule has 0 saturated carbocycles. The van der Waals surface area contributed by atoms with Crippen LogP contribution in [-0.4, -0.2) is 16.3 Å². The van der Waals surface area contributed by atoms with Gasteiger partial charge in [0.05, 0.1) is 22.3 Å². The zero-order valence-electron chi connectivity index (χ0n) is 14.0. The molecule has 0 radical (unpaired) electrons. The summed E-state index contributed by atoms with van der Waals surface area (Å²) in [6.45, 7) is 0.229. The van der Waals surface area contributed by atoms with Crippen LogP contribution in [0.5, 0.6) is 5.75 Å². The lowest BCUT2D eigenvalue weighted by molar-refractivity contribution is 0.111. The Morgan fingerprint density at radius 3 is 2.19 bits per heavy atom. The van der Waals surface area contributed by atoms with Crippen LogP contribution in [0, 0.1) is 0 Å². The maximum atomic E-state index is 11.2. The van der Waals surface area contributed by atoms with Gasteiger partial charge in [-0.25, -0.2) is 9.97 Å². The highest BCUT2D eigenvalue weighted by atomic mass is 16.5. The Hall–Kier alpha value is -3.53. The highest BCUT2D eigenvalue weighted by molar-refractivity contribution is 5.79. The van der Waals surface area contributed by atoms with Crippen LogP contribution in [0.1, 0.15) is 16.1 Å². The summed E-state index contributed by atoms with van der Waals surface area (Å²) in [7, 11) is 0. The van der Waals surface area contributed by atoms with Crippen molar-refractivity contribution in [2.75, 3.05) is 0 Å². The molecule has 4 heteroatoms. The van der Waals surface area contributed by atoms with Crippen LogP contribution in [0.3, 0.4) is 0 Å². The minimum absolute atomic E-state index is 0.229. The molecule has 0 saturated heterocycles. The number of aldehydes is 1. The van der Waals surface area contributed by atoms with Crippen LogP contribution in [0.25, 0.3) is 22.3 Å². The quantitative estimate of drug-likeness (QED) is 0.495. The van der Waals surface area contributed by atoms with Gasteiger partial charge in [0.2, 0.25) is 0 Å². The predicted molar refractivity (Wildman–Crippen MR) is 101 cm³/mol. The zero-order chi connectivity index (χ0) is 17.8. The van der Waals surface area contributed by atoms with E-state index >= 15 is 0 Å². The van der Waals surface area contributed by atoms with Gasteiger partial charge in [0.1, 0.15) is 18.1 Å². The molecule has 0 fully saturated rings. The van der Waals surface area contributed by atoms with Crippen LogP contribution in [0.15, 0.2) is 78.9 Å². The molecule has 26 heavy (non-hydrogen) atoms. The Bertz CT molecular complexity index is 1060. The van der Waals surface area contributed by atoms with Crippen LogP contribution in [0.2, 0.25) is 0 Å². The smallest absolute Gasteiger partial charge is 0.153 e. The second kappa shape index (κ2) is 7.15. The van der Waals surface area contributed by atoms with Gasteiger partial charge in [0, 0.05) is 5.56 Å². The number of rotatable bonds is 5. The van der Waals surface area contributed by atoms with E-state index in [2.05, 4.69) is 0 Å². The maximum absolute atomic E-state index is 11.2. The fourth-order valence-corrected chi connectivity index (χ4v) is 2.82. The normalized spacial score (nSPS) is 10.6. The third-order valence-corrected chi connectivity index (χ3v) is 4.10. The molecule has 0 atom stereocenters. The molecule has 0 N–H and O–H groups in total. The van der Waals surface area contributed by atoms with Gasteiger partial charge in [0.25, 0.3) is 0 Å². The number of hydrogen-bond acceptors (Lipinski definition) is 4. The maximum Gasteiger partial charge on any atom is 0.153 e. The molecule has 126 valence electrons. The number of fused-ring (bicyclic) bond motifs is 1. The summed E-state index contributed by atoms with van der Waals surface area (Å²) in [5.41, 5.74) is 4.66. The summed E-state index contributed by atoms with van der Waals surface area (Å²) >= 11 is 0. The number of benzene rings is 3. The molecule has 4 nitrogen and oxygen atoms in total. The van der Waals surface area contributed by atoms with Gasteiger partial charge >= 0.3 is 0 Å². The average Bonchev–Trinajstić information content (AvgIpc) is 2.72. The molecular formula is C22H16N2O2. The number of carbonyl (C=O) groups excluding carboxylic acids is 1. The highest BCUT2D eigenvalue weighted by Crippen LogP contribution is 2.25. The Balaban J connectivity index is 1.76. The minimum Gasteiger partial charge on any atom is -0.486 e. The Morgan fingerprint density at radius 1 is 0.769 bits per heavy atom. The molecule has 0 aliphatic rings. The molecule has 3 aromatic carbocycles. The topological polar surface area (TPSA) is 52.1 Å². The van der Waals surface area contributed by atoms with Gasteiger partial charge in [-0.3, -0.25) is 4.79 Å². The summed E-state index contributed by atoms with van der Waals surface area (Å²) < 4.78 is 5.89. The molecular weight excluding hydrogens is 324 g/mol. The van der Waals surface area contributed by atoms with Crippen molar-refractivity contribution in [3.63, 3.8) is 0 Å². The Morgan fingerprint density at radius 2 is 1.42 bits per heavy atom. The summed E-state index contributed by atoms with van der Waals surface area (Å²) in [5, 5.41) is 0. The predicted octanol–water partition coefficient (Wildman–Crippen LogP) is 4.69. The van der Waals surface area contributed by atoms with E-state index in [0.29, 0.717) is 11.3 Å². The summed E-state index contributed by atoms with van der Waals surface area (Å²) in [6.07, 6.45) is 0.791. The van der Waals surface area contributed by atoms with Gasteiger partial charge in [-0.2, -0.15) is 0 Å². The van der Waals surface area contributed by atoms with Gasteiger partial charge in [-0.15, -0.1) is 0 Å². The summed E-state index contributed by atoms with van der Waals surface area (Å²) in [4.78, 5) is 20.7. The van der Waals surface area contributed by atoms with E-state index in [9.17, 15) is 4.79 Å². The van der Waals surface area contributed by atoms with Gasteiger partial charge in [-0.05, 0) is 24.3 Å². The standard InChI is InChI=1S/C22H16N2O2/c25-14-17-10-4-7-13-21(17)26-15-20-22(16-8-2-1-3-9-16)24-19-12-6-5-11-18(19)23-20/h1-14H,15H2. The van der Waals surface area contributed by atoms with Crippen molar-refractivity contribution in [2.24, 2.45) is 0 Å². The number of aromatic nitrogens is 2. The van der Waals surface area contributed by atoms with E-state index in [1.807, 2.05) is 66.7 Å². The number of para-hydroxylation sites is 3. The van der Waals surface area contributed by atoms with Crippen molar-refractivity contribution in [2.45, 2.75) is 6.61 Å². The van der Waals surface area contributed by atoms with Crippen molar-refractivity contribution < 1.29 is 9.53 Å². The molecule has 0 bridgehead atoms. The van der Waals surface area contributed by atoms with Crippen molar-refractivity contribution >= 4 is 17.3 Å². The van der Waals surface area contributed by atoms with Gasteiger partial charge in [0.15, 0.2) is 6.29 Å². The van der Waals surface area contributed by atoms with E-state index in [4.69, 9.17) is 14.7 Å². The number of carbonyl (C=O) groups is 1. The molecule has 0 unspecified atom stereocenters. The second-order valence-electron chi connectivity index (χ2n) is 5.82. The van der Waals surface area contributed by atoms with Gasteiger partial charge < -0.3 is 4.74 Å². The van der Waals surface area contributed by atoms with Crippen LogP contribution in [-0.2, 0) is 6.61 Å². The average molecular weight is 340 g/mol. The lowest BCUT2D eigenvalue weighted by Crippen LogP contribution is -2.05. The molecule has 0 spiro atoms. The monoisotopic (exact) mass is 340 g/mol. The fourth-order valence-electron chi connectivity index (χ4n) is 2.82. The van der Waals surface area contributed by atoms with Crippen molar-refractivity contribution in [1.29, 1.82) is 0 Å².